The van der Waals surface area contributed by atoms with Gasteiger partial charge in [0.05, 0.1) is 54.9 Å². The Morgan fingerprint density at radius 2 is 1.68 bits per heavy atom. The van der Waals surface area contributed by atoms with Gasteiger partial charge >= 0.3 is 5.92 Å². The number of halogens is 4. The van der Waals surface area contributed by atoms with Gasteiger partial charge in [0.2, 0.25) is 17.8 Å². The van der Waals surface area contributed by atoms with Crippen molar-refractivity contribution in [1.29, 1.82) is 0 Å². The topological polar surface area (TPSA) is 193 Å². The maximum atomic E-state index is 16.1. The molecule has 63 heavy (non-hydrogen) atoms. The molecule has 6 heterocycles. The van der Waals surface area contributed by atoms with Crippen LogP contribution in [0.2, 0.25) is 0 Å². The molecular formula is C41H45F4N11O7. The molecule has 0 spiro atoms. The number of nitrogens with one attached hydrogen (secondary N) is 3. The highest BCUT2D eigenvalue weighted by Gasteiger charge is 2.51. The van der Waals surface area contributed by atoms with Crippen LogP contribution >= 0.6 is 0 Å². The average molecular weight is 880 g/mol. The number of aromatic nitrogens is 2. The minimum absolute atomic E-state index is 0.0117. The first-order valence-electron chi connectivity index (χ1n) is 20.4. The van der Waals surface area contributed by atoms with Gasteiger partial charge in [0.15, 0.2) is 5.82 Å². The van der Waals surface area contributed by atoms with Crippen molar-refractivity contribution in [2.45, 2.75) is 63.1 Å². The van der Waals surface area contributed by atoms with Crippen molar-refractivity contribution in [2.24, 2.45) is 0 Å². The van der Waals surface area contributed by atoms with Crippen LogP contribution < -0.4 is 35.5 Å². The highest BCUT2D eigenvalue weighted by atomic mass is 19.3. The molecule has 0 aliphatic carbocycles. The van der Waals surface area contributed by atoms with Gasteiger partial charge in [-0.05, 0) is 57.0 Å². The maximum absolute atomic E-state index is 16.1. The Kier molecular flexibility index (Phi) is 11.2. The predicted molar refractivity (Wildman–Crippen MR) is 218 cm³/mol. The molecule has 1 aromatic heterocycles. The maximum Gasteiger partial charge on any atom is 0.342 e. The number of methoxy groups -OCH3 is 1. The van der Waals surface area contributed by atoms with Crippen molar-refractivity contribution in [3.63, 3.8) is 0 Å². The Hall–Kier alpha value is -6.42. The van der Waals surface area contributed by atoms with Crippen molar-refractivity contribution in [1.82, 2.24) is 35.5 Å². The van der Waals surface area contributed by atoms with Crippen LogP contribution in [0, 0.1) is 0 Å². The van der Waals surface area contributed by atoms with Crippen molar-refractivity contribution >= 4 is 64.3 Å². The summed E-state index contributed by atoms with van der Waals surface area (Å²) in [4.78, 5) is 91.9. The van der Waals surface area contributed by atoms with E-state index in [0.717, 1.165) is 9.80 Å². The molecule has 18 nitrogen and oxygen atoms in total. The SMILES string of the molecule is COc1cc(C(=O)NN2CCN(C3CCN(c4cccc5c4C(=O)N(C4CCC(=O)NC4=O)C5=O)CC3(F)F)CC2)ccc1Nc1ncc2c(n1)N(C(C)C)CC(F)(F)C(=O)N2C. The van der Waals surface area contributed by atoms with E-state index in [9.17, 15) is 37.5 Å². The normalized spacial score (nSPS) is 22.8. The zero-order valence-electron chi connectivity index (χ0n) is 34.8. The number of hydrogen-bond acceptors (Lipinski definition) is 14. The largest absolute Gasteiger partial charge is 0.495 e. The number of amides is 6. The number of carbonyl (C=O) groups excluding carboxylic acids is 6. The first-order valence-corrected chi connectivity index (χ1v) is 20.4. The third-order valence-electron chi connectivity index (χ3n) is 12.1. The Morgan fingerprint density at radius 3 is 2.37 bits per heavy atom. The number of fused-ring (bicyclic) bond motifs is 2. The van der Waals surface area contributed by atoms with Crippen LogP contribution in [0.25, 0.3) is 0 Å². The predicted octanol–water partition coefficient (Wildman–Crippen LogP) is 2.63. The minimum atomic E-state index is -3.65. The smallest absolute Gasteiger partial charge is 0.342 e. The number of carbonyl (C=O) groups is 6. The number of hydrogen-bond donors (Lipinski definition) is 3. The first kappa shape index (κ1) is 43.2. The van der Waals surface area contributed by atoms with Crippen LogP contribution in [0.5, 0.6) is 5.75 Å². The Morgan fingerprint density at radius 1 is 0.937 bits per heavy atom. The van der Waals surface area contributed by atoms with E-state index < -0.39 is 78.5 Å². The first-order chi connectivity index (χ1) is 29.9. The van der Waals surface area contributed by atoms with E-state index in [4.69, 9.17) is 4.74 Å². The molecule has 3 fully saturated rings. The van der Waals surface area contributed by atoms with Gasteiger partial charge in [0, 0.05) is 57.8 Å². The van der Waals surface area contributed by atoms with Crippen LogP contribution in [0.3, 0.4) is 0 Å². The second kappa shape index (κ2) is 16.4. The van der Waals surface area contributed by atoms with Crippen LogP contribution in [0.4, 0.5) is 46.4 Å². The molecule has 334 valence electrons. The molecule has 22 heteroatoms. The van der Waals surface area contributed by atoms with Gasteiger partial charge in [0.1, 0.15) is 17.5 Å². The lowest BCUT2D eigenvalue weighted by atomic mass is 9.96. The number of anilines is 5. The van der Waals surface area contributed by atoms with E-state index in [2.05, 4.69) is 26.0 Å². The third kappa shape index (κ3) is 7.96. The lowest BCUT2D eigenvalue weighted by Crippen LogP contribution is -2.63. The summed E-state index contributed by atoms with van der Waals surface area (Å²) in [6, 6.07) is 6.27. The number of benzene rings is 2. The molecule has 3 aromatic rings. The average Bonchev–Trinajstić information content (AvgIpc) is 3.46. The monoisotopic (exact) mass is 879 g/mol. The zero-order valence-corrected chi connectivity index (χ0v) is 34.8. The fourth-order valence-corrected chi connectivity index (χ4v) is 8.77. The van der Waals surface area contributed by atoms with E-state index in [1.54, 1.807) is 29.8 Å². The van der Waals surface area contributed by atoms with Gasteiger partial charge in [-0.1, -0.05) is 6.07 Å². The molecule has 6 amide bonds. The highest BCUT2D eigenvalue weighted by Crippen LogP contribution is 2.40. The number of ether oxygens (including phenoxy) is 1. The molecule has 3 saturated heterocycles. The summed E-state index contributed by atoms with van der Waals surface area (Å²) in [5.74, 6) is -11.1. The summed E-state index contributed by atoms with van der Waals surface area (Å²) in [5.41, 5.74) is 3.67. The summed E-state index contributed by atoms with van der Waals surface area (Å²) < 4.78 is 67.2. The lowest BCUT2D eigenvalue weighted by molar-refractivity contribution is -0.140. The minimum Gasteiger partial charge on any atom is -0.495 e. The molecule has 2 atom stereocenters. The van der Waals surface area contributed by atoms with Crippen molar-refractivity contribution in [3.8, 4) is 5.75 Å². The molecular weight excluding hydrogens is 835 g/mol. The number of hydrazine groups is 1. The molecule has 2 aromatic carbocycles. The quantitative estimate of drug-likeness (QED) is 0.210. The third-order valence-corrected chi connectivity index (χ3v) is 12.1. The summed E-state index contributed by atoms with van der Waals surface area (Å²) in [6.07, 6.45) is 1.25. The van der Waals surface area contributed by atoms with Crippen LogP contribution in [0.1, 0.15) is 64.2 Å². The van der Waals surface area contributed by atoms with Crippen molar-refractivity contribution in [3.05, 3.63) is 59.3 Å². The summed E-state index contributed by atoms with van der Waals surface area (Å²) in [6.45, 7) is 2.91. The summed E-state index contributed by atoms with van der Waals surface area (Å²) in [7, 11) is 2.63. The highest BCUT2D eigenvalue weighted by molar-refractivity contribution is 6.25. The van der Waals surface area contributed by atoms with Crippen molar-refractivity contribution in [2.75, 3.05) is 80.0 Å². The molecule has 0 radical (unpaired) electrons. The zero-order chi connectivity index (χ0) is 45.1. The van der Waals surface area contributed by atoms with Crippen LogP contribution in [0.15, 0.2) is 42.6 Å². The van der Waals surface area contributed by atoms with Gasteiger partial charge in [-0.25, -0.2) is 18.8 Å². The van der Waals surface area contributed by atoms with Crippen LogP contribution in [-0.2, 0) is 14.4 Å². The number of piperidine rings is 2. The molecule has 3 N–H and O–H groups in total. The van der Waals surface area contributed by atoms with E-state index in [-0.39, 0.29) is 97.6 Å². The number of rotatable bonds is 9. The van der Waals surface area contributed by atoms with E-state index in [0.29, 0.717) is 5.69 Å². The second-order valence-electron chi connectivity index (χ2n) is 16.3. The van der Waals surface area contributed by atoms with Gasteiger partial charge in [0.25, 0.3) is 29.6 Å². The Balaban J connectivity index is 0.880. The van der Waals surface area contributed by atoms with Gasteiger partial charge in [-0.15, -0.1) is 0 Å². The lowest BCUT2D eigenvalue weighted by Gasteiger charge is -2.47. The van der Waals surface area contributed by atoms with E-state index in [1.807, 2.05) is 0 Å². The molecule has 5 aliphatic heterocycles. The molecule has 0 bridgehead atoms. The molecule has 5 aliphatic rings. The standard InChI is InChI=1S/C41H45F4N11O7/c1-22(2)55-21-41(44,45)38(62)51(3)28-19-46-39(49-33(28)55)47-25-9-8-23(18-29(25)63-4)34(58)50-54-16-14-52(15-17-54)30-12-13-53(20-40(30,42)43)26-7-5-6-24-32(26)37(61)56(36(24)60)27-10-11-31(57)48-35(27)59/h5-9,18-19,22,27,30H,10-17,20-21H2,1-4H3,(H,50,58)(H,46,47,49)(H,48,57,59). The number of alkyl halides is 4. The fourth-order valence-electron chi connectivity index (χ4n) is 8.77. The van der Waals surface area contributed by atoms with E-state index >= 15 is 8.78 Å². The van der Waals surface area contributed by atoms with Crippen molar-refractivity contribution < 1.29 is 51.1 Å². The fraction of sp³-hybridized carbons (Fsp3) is 0.463. The second-order valence-corrected chi connectivity index (χ2v) is 16.3. The number of imide groups is 2. The van der Waals surface area contributed by atoms with Gasteiger partial charge in [-0.3, -0.25) is 49.3 Å². The molecule has 2 unspecified atom stereocenters. The van der Waals surface area contributed by atoms with E-state index in [1.165, 1.54) is 60.5 Å². The Labute approximate surface area is 358 Å². The van der Waals surface area contributed by atoms with Gasteiger partial charge < -0.3 is 24.8 Å². The van der Waals surface area contributed by atoms with Crippen LogP contribution in [-0.4, -0.2) is 150 Å². The van der Waals surface area contributed by atoms with Gasteiger partial charge in [-0.2, -0.15) is 13.8 Å². The Bertz CT molecular complexity index is 2400. The summed E-state index contributed by atoms with van der Waals surface area (Å²) >= 11 is 0. The molecule has 8 rings (SSSR count). The number of piperazine rings is 1. The summed E-state index contributed by atoms with van der Waals surface area (Å²) in [5, 5.41) is 6.80. The molecule has 0 saturated carbocycles. The number of nitrogens with zero attached hydrogens (tertiary/aromatic N) is 8.